The number of aromatic nitrogens is 2. The maximum Gasteiger partial charge on any atom is 0.253 e. The summed E-state index contributed by atoms with van der Waals surface area (Å²) >= 11 is 0. The minimum atomic E-state index is -0.945. The van der Waals surface area contributed by atoms with Crippen LogP contribution in [0.5, 0.6) is 0 Å². The van der Waals surface area contributed by atoms with E-state index in [0.29, 0.717) is 44.6 Å². The second kappa shape index (κ2) is 7.75. The maximum absolute atomic E-state index is 12.9. The third-order valence-corrected chi connectivity index (χ3v) is 6.60. The Morgan fingerprint density at radius 1 is 1.06 bits per heavy atom. The van der Waals surface area contributed by atoms with Gasteiger partial charge < -0.3 is 15.1 Å². The number of fused-ring (bicyclic) bond motifs is 1. The molecule has 1 saturated heterocycles. The van der Waals surface area contributed by atoms with E-state index in [4.69, 9.17) is 0 Å². The van der Waals surface area contributed by atoms with Crippen LogP contribution in [0.15, 0.2) is 48.7 Å². The Morgan fingerprint density at radius 2 is 1.74 bits per heavy atom. The van der Waals surface area contributed by atoms with Crippen molar-refractivity contribution < 1.29 is 15.0 Å². The van der Waals surface area contributed by atoms with Crippen molar-refractivity contribution in [1.82, 2.24) is 19.6 Å². The van der Waals surface area contributed by atoms with Gasteiger partial charge in [-0.3, -0.25) is 14.4 Å². The van der Waals surface area contributed by atoms with E-state index in [1.54, 1.807) is 0 Å². The van der Waals surface area contributed by atoms with E-state index in [2.05, 4.69) is 30.2 Å². The van der Waals surface area contributed by atoms with Gasteiger partial charge in [-0.15, -0.1) is 0 Å². The molecule has 5 rings (SSSR count). The third kappa shape index (κ3) is 3.73. The van der Waals surface area contributed by atoms with Crippen molar-refractivity contribution in [2.75, 3.05) is 26.2 Å². The number of carbonyl (C=O) groups excluding carboxylic acids is 1. The SMILES string of the molecule is CCn1ncc2ccc(-c3ccc(C(=O)N4CCN(C(O)C5(O)CC5)CC4)cc3)cc21. The van der Waals surface area contributed by atoms with Gasteiger partial charge in [-0.05, 0) is 49.1 Å². The van der Waals surface area contributed by atoms with Gasteiger partial charge in [0, 0.05) is 43.7 Å². The lowest BCUT2D eigenvalue weighted by Crippen LogP contribution is -2.55. The summed E-state index contributed by atoms with van der Waals surface area (Å²) in [5.74, 6) is 0.00494. The monoisotopic (exact) mass is 420 g/mol. The smallest absolute Gasteiger partial charge is 0.253 e. The summed E-state index contributed by atoms with van der Waals surface area (Å²) in [5, 5.41) is 26.0. The number of hydrogen-bond acceptors (Lipinski definition) is 5. The first kappa shape index (κ1) is 20.2. The van der Waals surface area contributed by atoms with Gasteiger partial charge in [0.25, 0.3) is 5.91 Å². The van der Waals surface area contributed by atoms with Crippen LogP contribution >= 0.6 is 0 Å². The highest BCUT2D eigenvalue weighted by Gasteiger charge is 2.50. The zero-order valence-corrected chi connectivity index (χ0v) is 17.7. The molecule has 2 heterocycles. The highest BCUT2D eigenvalue weighted by Crippen LogP contribution is 2.39. The fourth-order valence-electron chi connectivity index (χ4n) is 4.39. The van der Waals surface area contributed by atoms with Gasteiger partial charge in [-0.2, -0.15) is 5.10 Å². The summed E-state index contributed by atoms with van der Waals surface area (Å²) in [5.41, 5.74) is 2.99. The predicted octanol–water partition coefficient (Wildman–Crippen LogP) is 2.32. The van der Waals surface area contributed by atoms with E-state index in [-0.39, 0.29) is 5.91 Å². The molecular weight excluding hydrogens is 392 g/mol. The second-order valence-electron chi connectivity index (χ2n) is 8.62. The van der Waals surface area contributed by atoms with Gasteiger partial charge in [-0.1, -0.05) is 24.3 Å². The number of hydrogen-bond donors (Lipinski definition) is 2. The highest BCUT2D eigenvalue weighted by atomic mass is 16.4. The van der Waals surface area contributed by atoms with Crippen molar-refractivity contribution in [3.63, 3.8) is 0 Å². The number of amides is 1. The molecule has 162 valence electrons. The lowest BCUT2D eigenvalue weighted by molar-refractivity contribution is -0.108. The van der Waals surface area contributed by atoms with Crippen molar-refractivity contribution >= 4 is 16.8 Å². The maximum atomic E-state index is 12.9. The molecular formula is C24H28N4O3. The third-order valence-electron chi connectivity index (χ3n) is 6.60. The van der Waals surface area contributed by atoms with Crippen LogP contribution in [0.4, 0.5) is 0 Å². The fourth-order valence-corrected chi connectivity index (χ4v) is 4.39. The summed E-state index contributed by atoms with van der Waals surface area (Å²) < 4.78 is 1.98. The Bertz CT molecular complexity index is 1100. The number of nitrogens with zero attached hydrogens (tertiary/aromatic N) is 4. The van der Waals surface area contributed by atoms with Crippen LogP contribution in [0.3, 0.4) is 0 Å². The number of aryl methyl sites for hydroxylation is 1. The predicted molar refractivity (Wildman–Crippen MR) is 119 cm³/mol. The molecule has 2 aliphatic rings. The van der Waals surface area contributed by atoms with E-state index in [1.165, 1.54) is 0 Å². The number of aliphatic hydroxyl groups is 2. The fraction of sp³-hybridized carbons (Fsp3) is 0.417. The first-order chi connectivity index (χ1) is 15.0. The number of carbonyl (C=O) groups is 1. The summed E-state index contributed by atoms with van der Waals surface area (Å²) in [7, 11) is 0. The van der Waals surface area contributed by atoms with Crippen LogP contribution < -0.4 is 0 Å². The Hall–Kier alpha value is -2.74. The van der Waals surface area contributed by atoms with Crippen LogP contribution in [-0.4, -0.2) is 73.7 Å². The van der Waals surface area contributed by atoms with E-state index in [9.17, 15) is 15.0 Å². The Labute approximate surface area is 181 Å². The molecule has 0 radical (unpaired) electrons. The molecule has 31 heavy (non-hydrogen) atoms. The van der Waals surface area contributed by atoms with Gasteiger partial charge in [0.2, 0.25) is 0 Å². The van der Waals surface area contributed by atoms with Crippen molar-refractivity contribution in [3.8, 4) is 11.1 Å². The topological polar surface area (TPSA) is 81.8 Å². The highest BCUT2D eigenvalue weighted by molar-refractivity contribution is 5.95. The minimum Gasteiger partial charge on any atom is -0.386 e. The first-order valence-electron chi connectivity index (χ1n) is 11.0. The molecule has 1 atom stereocenters. The molecule has 3 aromatic rings. The molecule has 1 saturated carbocycles. The molecule has 7 nitrogen and oxygen atoms in total. The van der Waals surface area contributed by atoms with Crippen molar-refractivity contribution in [2.45, 2.75) is 38.1 Å². The number of benzene rings is 2. The lowest BCUT2D eigenvalue weighted by atomic mass is 10.0. The molecule has 1 aromatic heterocycles. The van der Waals surface area contributed by atoms with Gasteiger partial charge in [0.05, 0.1) is 11.7 Å². The molecule has 0 spiro atoms. The molecule has 2 fully saturated rings. The zero-order chi connectivity index (χ0) is 21.6. The van der Waals surface area contributed by atoms with Crippen LogP contribution in [0.1, 0.15) is 30.1 Å². The van der Waals surface area contributed by atoms with Gasteiger partial charge in [0.1, 0.15) is 11.8 Å². The molecule has 2 N–H and O–H groups in total. The quantitative estimate of drug-likeness (QED) is 0.662. The number of rotatable bonds is 5. The molecule has 0 bridgehead atoms. The summed E-state index contributed by atoms with van der Waals surface area (Å²) in [4.78, 5) is 16.6. The standard InChI is InChI=1S/C24H28N4O3/c1-2-28-21-15-19(7-8-20(21)16-25-28)17-3-5-18(6-4-17)22(29)26-11-13-27(14-12-26)23(30)24(31)9-10-24/h3-8,15-16,23,30-31H,2,9-14H2,1H3. The summed E-state index contributed by atoms with van der Waals surface area (Å²) in [6, 6.07) is 14.0. The Balaban J connectivity index is 1.26. The zero-order valence-electron chi connectivity index (χ0n) is 17.7. The molecule has 1 aliphatic heterocycles. The molecule has 7 heteroatoms. The number of piperazine rings is 1. The second-order valence-corrected chi connectivity index (χ2v) is 8.62. The summed E-state index contributed by atoms with van der Waals surface area (Å²) in [6.07, 6.45) is 2.35. The minimum absolute atomic E-state index is 0.00494. The van der Waals surface area contributed by atoms with Crippen LogP contribution in [-0.2, 0) is 6.54 Å². The van der Waals surface area contributed by atoms with E-state index >= 15 is 0 Å². The van der Waals surface area contributed by atoms with Crippen LogP contribution in [0.25, 0.3) is 22.0 Å². The van der Waals surface area contributed by atoms with Crippen LogP contribution in [0.2, 0.25) is 0 Å². The summed E-state index contributed by atoms with van der Waals surface area (Å²) in [6.45, 7) is 5.13. The van der Waals surface area contributed by atoms with Gasteiger partial charge in [-0.25, -0.2) is 0 Å². The largest absolute Gasteiger partial charge is 0.386 e. The average Bonchev–Trinajstić information content (AvgIpc) is 3.44. The van der Waals surface area contributed by atoms with Gasteiger partial charge >= 0.3 is 0 Å². The van der Waals surface area contributed by atoms with Crippen LogP contribution in [0, 0.1) is 0 Å². The van der Waals surface area contributed by atoms with E-state index in [0.717, 1.165) is 28.6 Å². The lowest BCUT2D eigenvalue weighted by Gasteiger charge is -2.38. The molecule has 1 amide bonds. The normalized spacial score (nSPS) is 19.5. The van der Waals surface area contributed by atoms with Crippen molar-refractivity contribution in [1.29, 1.82) is 0 Å². The van der Waals surface area contributed by atoms with Gasteiger partial charge in [0.15, 0.2) is 0 Å². The van der Waals surface area contributed by atoms with Crippen molar-refractivity contribution in [2.24, 2.45) is 0 Å². The van der Waals surface area contributed by atoms with E-state index < -0.39 is 11.8 Å². The molecule has 2 aromatic carbocycles. The first-order valence-corrected chi connectivity index (χ1v) is 11.0. The Morgan fingerprint density at radius 3 is 2.39 bits per heavy atom. The van der Waals surface area contributed by atoms with E-state index in [1.807, 2.05) is 44.9 Å². The Kier molecular flexibility index (Phi) is 5.04. The molecule has 1 unspecified atom stereocenters. The van der Waals surface area contributed by atoms with Crippen molar-refractivity contribution in [3.05, 3.63) is 54.2 Å². The average molecular weight is 421 g/mol. The number of aliphatic hydroxyl groups excluding tert-OH is 1. The molecule has 1 aliphatic carbocycles.